The largest absolute Gasteiger partial charge is 0.416 e. The van der Waals surface area contributed by atoms with Crippen LogP contribution in [0.3, 0.4) is 0 Å². The molecular formula is C22H25F4N5O3S. The molecule has 2 fully saturated rings. The van der Waals surface area contributed by atoms with Gasteiger partial charge in [-0.3, -0.25) is 4.79 Å². The van der Waals surface area contributed by atoms with E-state index in [9.17, 15) is 26.4 Å². The Morgan fingerprint density at radius 2 is 1.66 bits per heavy atom. The van der Waals surface area contributed by atoms with Gasteiger partial charge in [-0.1, -0.05) is 12.1 Å². The highest BCUT2D eigenvalue weighted by atomic mass is 32.2. The van der Waals surface area contributed by atoms with Crippen LogP contribution >= 0.6 is 0 Å². The van der Waals surface area contributed by atoms with E-state index in [1.165, 1.54) is 16.4 Å². The third-order valence-corrected chi connectivity index (χ3v) is 7.61. The highest BCUT2D eigenvalue weighted by Crippen LogP contribution is 2.43. The summed E-state index contributed by atoms with van der Waals surface area (Å²) in [5.41, 5.74) is -0.196. The zero-order chi connectivity index (χ0) is 25.4. The maximum Gasteiger partial charge on any atom is 0.416 e. The molecule has 1 amide bonds. The van der Waals surface area contributed by atoms with Gasteiger partial charge in [0.15, 0.2) is 11.6 Å². The average Bonchev–Trinajstić information content (AvgIpc) is 3.64. The molecule has 0 spiro atoms. The Hall–Kier alpha value is -2.80. The first kappa shape index (κ1) is 25.3. The van der Waals surface area contributed by atoms with Crippen molar-refractivity contribution in [1.82, 2.24) is 14.3 Å². The first-order valence-electron chi connectivity index (χ1n) is 11.1. The molecule has 13 heteroatoms. The van der Waals surface area contributed by atoms with E-state index in [1.54, 1.807) is 0 Å². The predicted octanol–water partition coefficient (Wildman–Crippen LogP) is 3.81. The number of rotatable bonds is 7. The van der Waals surface area contributed by atoms with Crippen LogP contribution in [0, 0.1) is 17.7 Å². The fourth-order valence-corrected chi connectivity index (χ4v) is 5.03. The molecule has 4 rings (SSSR count). The van der Waals surface area contributed by atoms with Gasteiger partial charge in [-0.05, 0) is 49.3 Å². The van der Waals surface area contributed by atoms with E-state index in [2.05, 4.69) is 20.6 Å². The molecule has 0 radical (unpaired) electrons. The quantitative estimate of drug-likeness (QED) is 0.544. The molecule has 1 saturated heterocycles. The van der Waals surface area contributed by atoms with Gasteiger partial charge in [-0.2, -0.15) is 17.6 Å². The third-order valence-electron chi connectivity index (χ3n) is 6.31. The molecule has 2 aliphatic rings. The molecule has 1 aliphatic heterocycles. The van der Waals surface area contributed by atoms with E-state index in [0.29, 0.717) is 18.4 Å². The second-order valence-electron chi connectivity index (χ2n) is 8.89. The molecule has 190 valence electrons. The molecule has 1 saturated carbocycles. The molecule has 1 aromatic carbocycles. The fraction of sp³-hybridized carbons (Fsp3) is 0.500. The van der Waals surface area contributed by atoms with Crippen molar-refractivity contribution in [1.29, 1.82) is 0 Å². The molecule has 1 aliphatic carbocycles. The summed E-state index contributed by atoms with van der Waals surface area (Å²) in [5.74, 6) is -2.22. The summed E-state index contributed by atoms with van der Waals surface area (Å²) in [6.45, 7) is 0.401. The van der Waals surface area contributed by atoms with Crippen molar-refractivity contribution in [2.75, 3.05) is 30.0 Å². The van der Waals surface area contributed by atoms with Crippen molar-refractivity contribution >= 4 is 27.6 Å². The van der Waals surface area contributed by atoms with E-state index in [1.807, 2.05) is 0 Å². The van der Waals surface area contributed by atoms with E-state index in [0.717, 1.165) is 37.6 Å². The number of halogens is 4. The topological polar surface area (TPSA) is 104 Å². The molecule has 2 heterocycles. The third kappa shape index (κ3) is 6.07. The van der Waals surface area contributed by atoms with E-state index in [-0.39, 0.29) is 30.6 Å². The van der Waals surface area contributed by atoms with Crippen LogP contribution < -0.4 is 10.6 Å². The van der Waals surface area contributed by atoms with Crippen LogP contribution in [0.2, 0.25) is 0 Å². The number of aromatic nitrogens is 2. The Bertz CT molecular complexity index is 1180. The van der Waals surface area contributed by atoms with Gasteiger partial charge in [0.2, 0.25) is 21.7 Å². The summed E-state index contributed by atoms with van der Waals surface area (Å²) in [5, 5.41) is 5.43. The number of carbonyl (C=O) groups excluding carboxylic acids is 1. The number of piperidine rings is 1. The predicted molar refractivity (Wildman–Crippen MR) is 120 cm³/mol. The SMILES string of the molecule is CS(=O)(=O)N1CCC(C(=O)Nc2ncnc(NC(c3ccc(C(F)(F)F)cc3)C3CC3)c2F)CC1. The highest BCUT2D eigenvalue weighted by molar-refractivity contribution is 7.88. The number of amides is 1. The van der Waals surface area contributed by atoms with E-state index in [4.69, 9.17) is 0 Å². The van der Waals surface area contributed by atoms with Gasteiger partial charge in [0.25, 0.3) is 0 Å². The summed E-state index contributed by atoms with van der Waals surface area (Å²) in [4.78, 5) is 20.4. The van der Waals surface area contributed by atoms with Gasteiger partial charge >= 0.3 is 6.18 Å². The number of alkyl halides is 3. The van der Waals surface area contributed by atoms with E-state index >= 15 is 4.39 Å². The summed E-state index contributed by atoms with van der Waals surface area (Å²) < 4.78 is 78.4. The van der Waals surface area contributed by atoms with Crippen molar-refractivity contribution in [3.63, 3.8) is 0 Å². The van der Waals surface area contributed by atoms with Crippen LogP contribution in [0.5, 0.6) is 0 Å². The van der Waals surface area contributed by atoms with E-state index < -0.39 is 45.4 Å². The Morgan fingerprint density at radius 1 is 1.06 bits per heavy atom. The first-order chi connectivity index (χ1) is 16.4. The number of benzene rings is 1. The van der Waals surface area contributed by atoms with Crippen LogP contribution in [0.4, 0.5) is 29.2 Å². The molecule has 0 bridgehead atoms. The molecule has 2 aromatic rings. The molecule has 35 heavy (non-hydrogen) atoms. The molecular weight excluding hydrogens is 490 g/mol. The maximum atomic E-state index is 15.2. The lowest BCUT2D eigenvalue weighted by Gasteiger charge is -2.29. The summed E-state index contributed by atoms with van der Waals surface area (Å²) >= 11 is 0. The number of hydrogen-bond acceptors (Lipinski definition) is 6. The Labute approximate surface area is 200 Å². The summed E-state index contributed by atoms with van der Waals surface area (Å²) in [6.07, 6.45) is 0.0151. The lowest BCUT2D eigenvalue weighted by Crippen LogP contribution is -2.41. The number of carbonyl (C=O) groups is 1. The molecule has 1 unspecified atom stereocenters. The average molecular weight is 516 g/mol. The number of nitrogens with zero attached hydrogens (tertiary/aromatic N) is 3. The number of nitrogens with one attached hydrogen (secondary N) is 2. The normalized spacial score (nSPS) is 18.8. The number of sulfonamides is 1. The van der Waals surface area contributed by atoms with Gasteiger partial charge in [-0.25, -0.2) is 22.7 Å². The molecule has 8 nitrogen and oxygen atoms in total. The zero-order valence-electron chi connectivity index (χ0n) is 18.8. The van der Waals surface area contributed by atoms with Crippen molar-refractivity contribution in [3.05, 3.63) is 47.5 Å². The smallest absolute Gasteiger partial charge is 0.360 e. The lowest BCUT2D eigenvalue weighted by atomic mass is 9.97. The highest BCUT2D eigenvalue weighted by Gasteiger charge is 2.35. The van der Waals surface area contributed by atoms with Crippen LogP contribution in [-0.2, 0) is 21.0 Å². The Morgan fingerprint density at radius 3 is 2.20 bits per heavy atom. The van der Waals surface area contributed by atoms with Gasteiger partial charge in [-0.15, -0.1) is 0 Å². The minimum absolute atomic E-state index is 0.110. The van der Waals surface area contributed by atoms with Crippen molar-refractivity contribution in [2.24, 2.45) is 11.8 Å². The lowest BCUT2D eigenvalue weighted by molar-refractivity contribution is -0.137. The van der Waals surface area contributed by atoms with Gasteiger partial charge < -0.3 is 10.6 Å². The molecule has 1 aromatic heterocycles. The first-order valence-corrected chi connectivity index (χ1v) is 13.0. The maximum absolute atomic E-state index is 15.2. The van der Waals surface area contributed by atoms with Crippen LogP contribution in [0.25, 0.3) is 0 Å². The van der Waals surface area contributed by atoms with Crippen LogP contribution in [0.1, 0.15) is 42.9 Å². The Kier molecular flexibility index (Phi) is 7.00. The number of anilines is 2. The van der Waals surface area contributed by atoms with Crippen molar-refractivity contribution in [3.8, 4) is 0 Å². The second-order valence-corrected chi connectivity index (χ2v) is 10.9. The van der Waals surface area contributed by atoms with Crippen LogP contribution in [0.15, 0.2) is 30.6 Å². The fourth-order valence-electron chi connectivity index (χ4n) is 4.16. The summed E-state index contributed by atoms with van der Waals surface area (Å²) in [6, 6.07) is 4.25. The second kappa shape index (κ2) is 9.69. The minimum Gasteiger partial charge on any atom is -0.360 e. The zero-order valence-corrected chi connectivity index (χ0v) is 19.7. The van der Waals surface area contributed by atoms with Gasteiger partial charge in [0.1, 0.15) is 6.33 Å². The van der Waals surface area contributed by atoms with Gasteiger partial charge in [0.05, 0.1) is 17.9 Å². The monoisotopic (exact) mass is 515 g/mol. The van der Waals surface area contributed by atoms with Crippen LogP contribution in [-0.4, -0.2) is 47.9 Å². The van der Waals surface area contributed by atoms with Crippen molar-refractivity contribution in [2.45, 2.75) is 37.9 Å². The van der Waals surface area contributed by atoms with Gasteiger partial charge in [0, 0.05) is 19.0 Å². The summed E-state index contributed by atoms with van der Waals surface area (Å²) in [7, 11) is -3.34. The molecule has 1 atom stereocenters. The minimum atomic E-state index is -4.45. The molecule has 2 N–H and O–H groups in total. The standard InChI is InChI=1S/C22H25F4N5O3S/c1-35(33,34)31-10-8-15(9-11-31)21(32)30-20-17(23)19(27-12-28-20)29-18(13-2-3-13)14-4-6-16(7-5-14)22(24,25)26/h4-7,12-13,15,18H,2-3,8-11H2,1H3,(H2,27,28,29,30,32). The number of hydrogen-bond donors (Lipinski definition) is 2. The Balaban J connectivity index is 1.45. The van der Waals surface area contributed by atoms with Crippen molar-refractivity contribution < 1.29 is 30.8 Å².